The first-order valence-electron chi connectivity index (χ1n) is 32.6. The molecule has 0 aromatic rings. The van der Waals surface area contributed by atoms with Crippen LogP contribution in [0.3, 0.4) is 0 Å². The molecular formula is C77H116O6. The topological polar surface area (TPSA) is 78.9 Å². The van der Waals surface area contributed by atoms with E-state index in [9.17, 15) is 14.4 Å². The number of carbonyl (C=O) groups excluding carboxylic acids is 3. The van der Waals surface area contributed by atoms with Crippen molar-refractivity contribution in [2.75, 3.05) is 13.2 Å². The van der Waals surface area contributed by atoms with Crippen LogP contribution in [0.25, 0.3) is 0 Å². The molecule has 6 nitrogen and oxygen atoms in total. The first-order valence-corrected chi connectivity index (χ1v) is 32.6. The molecule has 1 atom stereocenters. The van der Waals surface area contributed by atoms with Gasteiger partial charge in [0.25, 0.3) is 0 Å². The summed E-state index contributed by atoms with van der Waals surface area (Å²) in [6, 6.07) is 0. The molecule has 0 fully saturated rings. The van der Waals surface area contributed by atoms with Crippen LogP contribution in [0.2, 0.25) is 0 Å². The van der Waals surface area contributed by atoms with Gasteiger partial charge >= 0.3 is 17.9 Å². The molecule has 6 heteroatoms. The van der Waals surface area contributed by atoms with Gasteiger partial charge in [0.15, 0.2) is 6.10 Å². The van der Waals surface area contributed by atoms with Gasteiger partial charge < -0.3 is 14.2 Å². The molecule has 83 heavy (non-hydrogen) atoms. The summed E-state index contributed by atoms with van der Waals surface area (Å²) in [5, 5.41) is 0. The molecule has 0 bridgehead atoms. The maximum Gasteiger partial charge on any atom is 0.306 e. The van der Waals surface area contributed by atoms with Crippen molar-refractivity contribution >= 4 is 17.9 Å². The van der Waals surface area contributed by atoms with E-state index in [2.05, 4.69) is 227 Å². The summed E-state index contributed by atoms with van der Waals surface area (Å²) in [5.41, 5.74) is 0. The first-order chi connectivity index (χ1) is 41.0. The Balaban J connectivity index is 4.62. The van der Waals surface area contributed by atoms with Crippen molar-refractivity contribution in [3.63, 3.8) is 0 Å². The Bertz CT molecular complexity index is 2030. The number of esters is 3. The zero-order valence-corrected chi connectivity index (χ0v) is 52.6. The van der Waals surface area contributed by atoms with Crippen molar-refractivity contribution in [1.82, 2.24) is 0 Å². The molecule has 0 radical (unpaired) electrons. The molecule has 0 aromatic carbocycles. The summed E-state index contributed by atoms with van der Waals surface area (Å²) in [5.74, 6) is -1.04. The molecule has 0 aliphatic rings. The molecule has 0 aromatic heterocycles. The Labute approximate surface area is 509 Å². The SMILES string of the molecule is CC/C=C\C/C=C\C/C=C\C/C=C\C/C=C\C/C=C\CCCCC(=O)OCC(COC(=O)CCCCCCCCC/C=C\C/C=C\C/C=C\C/C=C\C/C=C\CC)OC(=O)CCCC/C=C\C/C=C\C/C=C\C/C=C\C/C=C\C/C=C\CC. The van der Waals surface area contributed by atoms with Crippen molar-refractivity contribution in [3.05, 3.63) is 207 Å². The minimum absolute atomic E-state index is 0.128. The molecule has 0 saturated carbocycles. The highest BCUT2D eigenvalue weighted by molar-refractivity contribution is 5.71. The average Bonchev–Trinajstić information content (AvgIpc) is 3.49. The highest BCUT2D eigenvalue weighted by Crippen LogP contribution is 2.13. The van der Waals surface area contributed by atoms with Gasteiger partial charge in [0.2, 0.25) is 0 Å². The third kappa shape index (κ3) is 66.7. The smallest absolute Gasteiger partial charge is 0.306 e. The van der Waals surface area contributed by atoms with Crippen molar-refractivity contribution in [3.8, 4) is 0 Å². The van der Waals surface area contributed by atoms with Crippen molar-refractivity contribution in [1.29, 1.82) is 0 Å². The van der Waals surface area contributed by atoms with E-state index < -0.39 is 6.10 Å². The van der Waals surface area contributed by atoms with Crippen LogP contribution in [0.1, 0.15) is 239 Å². The van der Waals surface area contributed by atoms with E-state index in [0.717, 1.165) is 167 Å². The number of carbonyl (C=O) groups is 3. The number of allylic oxidation sites excluding steroid dienone is 34. The van der Waals surface area contributed by atoms with Gasteiger partial charge in [0.1, 0.15) is 13.2 Å². The Hall–Kier alpha value is -6.01. The van der Waals surface area contributed by atoms with E-state index in [1.54, 1.807) is 0 Å². The molecule has 0 aliphatic heterocycles. The van der Waals surface area contributed by atoms with Crippen LogP contribution in [-0.2, 0) is 28.6 Å². The molecule has 0 spiro atoms. The fourth-order valence-electron chi connectivity index (χ4n) is 8.00. The van der Waals surface area contributed by atoms with E-state index in [1.807, 2.05) is 0 Å². The maximum atomic E-state index is 12.9. The van der Waals surface area contributed by atoms with Crippen LogP contribution in [0.15, 0.2) is 207 Å². The average molecular weight is 1140 g/mol. The minimum Gasteiger partial charge on any atom is -0.462 e. The summed E-state index contributed by atoms with van der Waals surface area (Å²) in [4.78, 5) is 38.4. The van der Waals surface area contributed by atoms with Gasteiger partial charge in [-0.05, 0) is 167 Å². The number of hydrogen-bond donors (Lipinski definition) is 0. The summed E-state index contributed by atoms with van der Waals surface area (Å²) in [6.07, 6.45) is 105. The largest absolute Gasteiger partial charge is 0.462 e. The summed E-state index contributed by atoms with van der Waals surface area (Å²) >= 11 is 0. The van der Waals surface area contributed by atoms with Crippen molar-refractivity contribution < 1.29 is 28.6 Å². The van der Waals surface area contributed by atoms with Crippen LogP contribution >= 0.6 is 0 Å². The quantitative estimate of drug-likeness (QED) is 0.0261. The minimum atomic E-state index is -0.840. The highest BCUT2D eigenvalue weighted by atomic mass is 16.6. The molecule has 0 saturated heterocycles. The van der Waals surface area contributed by atoms with E-state index in [1.165, 1.54) is 19.3 Å². The van der Waals surface area contributed by atoms with Gasteiger partial charge in [-0.25, -0.2) is 0 Å². The monoisotopic (exact) mass is 1140 g/mol. The van der Waals surface area contributed by atoms with Gasteiger partial charge in [-0.15, -0.1) is 0 Å². The van der Waals surface area contributed by atoms with E-state index in [0.29, 0.717) is 19.3 Å². The van der Waals surface area contributed by atoms with E-state index >= 15 is 0 Å². The molecule has 0 rings (SSSR count). The van der Waals surface area contributed by atoms with Crippen molar-refractivity contribution in [2.24, 2.45) is 0 Å². The fraction of sp³-hybridized carbons (Fsp3) is 0.519. The van der Waals surface area contributed by atoms with E-state index in [-0.39, 0.29) is 44.0 Å². The molecule has 0 aliphatic carbocycles. The van der Waals surface area contributed by atoms with E-state index in [4.69, 9.17) is 14.2 Å². The third-order valence-corrected chi connectivity index (χ3v) is 12.8. The second kappa shape index (κ2) is 68.5. The second-order valence-corrected chi connectivity index (χ2v) is 20.5. The molecular weight excluding hydrogens is 1020 g/mol. The number of ether oxygens (including phenoxy) is 3. The summed E-state index contributed by atoms with van der Waals surface area (Å²) < 4.78 is 16.9. The van der Waals surface area contributed by atoms with Crippen LogP contribution in [0.4, 0.5) is 0 Å². The first kappa shape index (κ1) is 77.0. The third-order valence-electron chi connectivity index (χ3n) is 12.8. The normalized spacial score (nSPS) is 13.5. The Morgan fingerprint density at radius 1 is 0.241 bits per heavy atom. The lowest BCUT2D eigenvalue weighted by atomic mass is 10.1. The zero-order chi connectivity index (χ0) is 59.9. The predicted octanol–water partition coefficient (Wildman–Crippen LogP) is 22.8. The zero-order valence-electron chi connectivity index (χ0n) is 52.6. The number of rotatable bonds is 56. The van der Waals surface area contributed by atoms with Gasteiger partial charge in [-0.2, -0.15) is 0 Å². The lowest BCUT2D eigenvalue weighted by Crippen LogP contribution is -2.30. The maximum absolute atomic E-state index is 12.9. The van der Waals surface area contributed by atoms with Crippen LogP contribution < -0.4 is 0 Å². The highest BCUT2D eigenvalue weighted by Gasteiger charge is 2.19. The number of unbranched alkanes of at least 4 members (excludes halogenated alkanes) is 11. The molecule has 0 N–H and O–H groups in total. The summed E-state index contributed by atoms with van der Waals surface area (Å²) in [7, 11) is 0. The lowest BCUT2D eigenvalue weighted by Gasteiger charge is -2.18. The predicted molar refractivity (Wildman–Crippen MR) is 361 cm³/mol. The van der Waals surface area contributed by atoms with Crippen molar-refractivity contribution in [2.45, 2.75) is 245 Å². The van der Waals surface area contributed by atoms with Gasteiger partial charge in [-0.3, -0.25) is 14.4 Å². The Kier molecular flexibility index (Phi) is 63.5. The molecule has 0 amide bonds. The lowest BCUT2D eigenvalue weighted by molar-refractivity contribution is -0.167. The van der Waals surface area contributed by atoms with Crippen LogP contribution in [0, 0.1) is 0 Å². The summed E-state index contributed by atoms with van der Waals surface area (Å²) in [6.45, 7) is 6.20. The number of hydrogen-bond acceptors (Lipinski definition) is 6. The fourth-order valence-corrected chi connectivity index (χ4v) is 8.00. The Morgan fingerprint density at radius 3 is 0.699 bits per heavy atom. The second-order valence-electron chi connectivity index (χ2n) is 20.5. The van der Waals surface area contributed by atoms with Crippen LogP contribution in [-0.4, -0.2) is 37.2 Å². The standard InChI is InChI=1S/C77H116O6/c1-4-7-10-13-16-19-22-25-28-31-34-37-38-41-43-46-49-52-55-58-61-64-67-70-76(79)82-73-74(83-77(80)71-68-65-62-59-56-53-50-47-44-40-36-33-30-27-24-21-18-15-12-9-6-3)72-81-75(78)69-66-63-60-57-54-51-48-45-42-39-35-32-29-26-23-20-17-14-11-8-5-2/h7-12,16-21,25-30,34-37,39-41,43,45,47-48,50,54,56-57,59,74H,4-6,13-15,22-24,31-33,38,42,44,46,49,51-53,55,58,60-73H2,1-3H3/b10-7-,11-8-,12-9-,19-16-,20-17-,21-18-,28-25-,29-26-,30-27-,37-34-,39-35-,40-36-,43-41-,48-45-,50-47-,57-54-,59-56-. The molecule has 1 unspecified atom stereocenters. The van der Waals surface area contributed by atoms with Crippen LogP contribution in [0.5, 0.6) is 0 Å². The van der Waals surface area contributed by atoms with Gasteiger partial charge in [0, 0.05) is 19.3 Å². The Morgan fingerprint density at radius 2 is 0.434 bits per heavy atom. The van der Waals surface area contributed by atoms with Gasteiger partial charge in [0.05, 0.1) is 0 Å². The van der Waals surface area contributed by atoms with Gasteiger partial charge in [-0.1, -0.05) is 259 Å². The molecule has 0 heterocycles. The molecule has 460 valence electrons.